The average Bonchev–Trinajstić information content (AvgIpc) is 2.82. The van der Waals surface area contributed by atoms with E-state index in [-0.39, 0.29) is 5.69 Å². The Labute approximate surface area is 98.9 Å². The fraction of sp³-hybridized carbons (Fsp3) is 0.636. The molecule has 1 aliphatic rings. The Bertz CT molecular complexity index is 403. The van der Waals surface area contributed by atoms with Crippen LogP contribution in [0.15, 0.2) is 0 Å². The van der Waals surface area contributed by atoms with E-state index in [9.17, 15) is 4.79 Å². The van der Waals surface area contributed by atoms with E-state index in [2.05, 4.69) is 16.8 Å². The van der Waals surface area contributed by atoms with E-state index >= 15 is 0 Å². The van der Waals surface area contributed by atoms with Gasteiger partial charge in [0.25, 0.3) is 0 Å². The molecule has 1 N–H and O–H groups in total. The van der Waals surface area contributed by atoms with Crippen molar-refractivity contribution >= 4 is 22.4 Å². The highest BCUT2D eigenvalue weighted by molar-refractivity contribution is 7.15. The van der Waals surface area contributed by atoms with Crippen molar-refractivity contribution in [2.75, 3.05) is 11.4 Å². The molecule has 0 bridgehead atoms. The number of rotatable bonds is 3. The molecule has 88 valence electrons. The average molecular weight is 240 g/mol. The second kappa shape index (κ2) is 4.41. The SMILES string of the molecule is CCC1CCCN1c1nc(C(=O)O)c(C)s1. The molecule has 1 unspecified atom stereocenters. The summed E-state index contributed by atoms with van der Waals surface area (Å²) < 4.78 is 0. The van der Waals surface area contributed by atoms with Crippen LogP contribution in [0.25, 0.3) is 0 Å². The Kier molecular flexibility index (Phi) is 3.14. The van der Waals surface area contributed by atoms with E-state index < -0.39 is 5.97 Å². The van der Waals surface area contributed by atoms with Gasteiger partial charge in [-0.3, -0.25) is 0 Å². The molecule has 1 aromatic heterocycles. The molecule has 4 nitrogen and oxygen atoms in total. The molecule has 2 rings (SSSR count). The fourth-order valence-corrected chi connectivity index (χ4v) is 3.21. The maximum absolute atomic E-state index is 10.9. The Balaban J connectivity index is 2.27. The largest absolute Gasteiger partial charge is 0.476 e. The molecule has 0 amide bonds. The summed E-state index contributed by atoms with van der Waals surface area (Å²) in [7, 11) is 0. The van der Waals surface area contributed by atoms with Gasteiger partial charge in [0.2, 0.25) is 0 Å². The minimum atomic E-state index is -0.924. The molecule has 0 aliphatic carbocycles. The van der Waals surface area contributed by atoms with Crippen LogP contribution < -0.4 is 4.90 Å². The van der Waals surface area contributed by atoms with Crippen LogP contribution in [0.1, 0.15) is 41.6 Å². The molecule has 0 radical (unpaired) electrons. The lowest BCUT2D eigenvalue weighted by Crippen LogP contribution is -2.28. The van der Waals surface area contributed by atoms with Crippen LogP contribution in [0.5, 0.6) is 0 Å². The minimum Gasteiger partial charge on any atom is -0.476 e. The first-order chi connectivity index (χ1) is 7.63. The van der Waals surface area contributed by atoms with Gasteiger partial charge in [0.15, 0.2) is 10.8 Å². The van der Waals surface area contributed by atoms with Gasteiger partial charge in [0.1, 0.15) is 0 Å². The van der Waals surface area contributed by atoms with Crippen LogP contribution in [-0.4, -0.2) is 28.6 Å². The van der Waals surface area contributed by atoms with E-state index in [4.69, 9.17) is 5.11 Å². The van der Waals surface area contributed by atoms with Crippen molar-refractivity contribution in [3.63, 3.8) is 0 Å². The summed E-state index contributed by atoms with van der Waals surface area (Å²) in [6, 6.07) is 0.534. The molecule has 16 heavy (non-hydrogen) atoms. The number of thiazole rings is 1. The van der Waals surface area contributed by atoms with E-state index in [1.807, 2.05) is 6.92 Å². The number of aryl methyl sites for hydroxylation is 1. The third-order valence-corrected chi connectivity index (χ3v) is 4.09. The van der Waals surface area contributed by atoms with Gasteiger partial charge >= 0.3 is 5.97 Å². The minimum absolute atomic E-state index is 0.210. The molecule has 0 spiro atoms. The number of carbonyl (C=O) groups is 1. The van der Waals surface area contributed by atoms with Crippen molar-refractivity contribution < 1.29 is 9.90 Å². The first-order valence-corrected chi connectivity index (χ1v) is 6.42. The van der Waals surface area contributed by atoms with E-state index in [0.29, 0.717) is 6.04 Å². The molecule has 5 heteroatoms. The van der Waals surface area contributed by atoms with E-state index in [1.165, 1.54) is 24.2 Å². The number of anilines is 1. The van der Waals surface area contributed by atoms with Crippen LogP contribution in [0.4, 0.5) is 5.13 Å². The van der Waals surface area contributed by atoms with Gasteiger partial charge in [0.05, 0.1) is 0 Å². The topological polar surface area (TPSA) is 53.4 Å². The van der Waals surface area contributed by atoms with Crippen LogP contribution >= 0.6 is 11.3 Å². The molecule has 1 atom stereocenters. The predicted octanol–water partition coefficient (Wildman–Crippen LogP) is 2.53. The fourth-order valence-electron chi connectivity index (χ4n) is 2.22. The Morgan fingerprint density at radius 2 is 2.44 bits per heavy atom. The second-order valence-electron chi connectivity index (χ2n) is 4.10. The van der Waals surface area contributed by atoms with Crippen molar-refractivity contribution in [2.24, 2.45) is 0 Å². The lowest BCUT2D eigenvalue weighted by molar-refractivity contribution is 0.0690. The highest BCUT2D eigenvalue weighted by atomic mass is 32.1. The summed E-state index contributed by atoms with van der Waals surface area (Å²) in [6.07, 6.45) is 3.47. The van der Waals surface area contributed by atoms with Crippen molar-refractivity contribution in [1.29, 1.82) is 0 Å². The lowest BCUT2D eigenvalue weighted by atomic mass is 10.2. The van der Waals surface area contributed by atoms with Gasteiger partial charge in [0, 0.05) is 17.5 Å². The van der Waals surface area contributed by atoms with Gasteiger partial charge < -0.3 is 10.0 Å². The number of carboxylic acids is 1. The van der Waals surface area contributed by atoms with Crippen LogP contribution in [0.3, 0.4) is 0 Å². The Hall–Kier alpha value is -1.10. The van der Waals surface area contributed by atoms with Crippen LogP contribution in [0.2, 0.25) is 0 Å². The van der Waals surface area contributed by atoms with Gasteiger partial charge in [-0.05, 0) is 26.2 Å². The third-order valence-electron chi connectivity index (χ3n) is 3.08. The van der Waals surface area contributed by atoms with Crippen LogP contribution in [-0.2, 0) is 0 Å². The van der Waals surface area contributed by atoms with Crippen molar-refractivity contribution in [2.45, 2.75) is 39.2 Å². The summed E-state index contributed by atoms with van der Waals surface area (Å²) in [5.74, 6) is -0.924. The lowest BCUT2D eigenvalue weighted by Gasteiger charge is -2.22. The molecule has 1 aromatic rings. The highest BCUT2D eigenvalue weighted by Crippen LogP contribution is 2.32. The summed E-state index contributed by atoms with van der Waals surface area (Å²) >= 11 is 1.49. The van der Waals surface area contributed by atoms with Crippen molar-refractivity contribution in [1.82, 2.24) is 4.98 Å². The zero-order chi connectivity index (χ0) is 11.7. The number of aromatic nitrogens is 1. The summed E-state index contributed by atoms with van der Waals surface area (Å²) in [4.78, 5) is 18.2. The third kappa shape index (κ3) is 1.91. The first-order valence-electron chi connectivity index (χ1n) is 5.60. The zero-order valence-corrected chi connectivity index (χ0v) is 10.4. The summed E-state index contributed by atoms with van der Waals surface area (Å²) in [5, 5.41) is 9.84. The number of aromatic carboxylic acids is 1. The second-order valence-corrected chi connectivity index (χ2v) is 5.29. The number of hydrogen-bond donors (Lipinski definition) is 1. The summed E-state index contributed by atoms with van der Waals surface area (Å²) in [6.45, 7) is 4.99. The first kappa shape index (κ1) is 11.4. The maximum atomic E-state index is 10.9. The van der Waals surface area contributed by atoms with Crippen molar-refractivity contribution in [3.8, 4) is 0 Å². The smallest absolute Gasteiger partial charge is 0.355 e. The van der Waals surface area contributed by atoms with Gasteiger partial charge in [-0.1, -0.05) is 6.92 Å². The quantitative estimate of drug-likeness (QED) is 0.882. The molecular formula is C11H16N2O2S. The number of carboxylic acid groups (broad SMARTS) is 1. The zero-order valence-electron chi connectivity index (χ0n) is 9.56. The van der Waals surface area contributed by atoms with Crippen molar-refractivity contribution in [3.05, 3.63) is 10.6 Å². The Morgan fingerprint density at radius 3 is 3.00 bits per heavy atom. The van der Waals surface area contributed by atoms with Gasteiger partial charge in [-0.15, -0.1) is 11.3 Å². The summed E-state index contributed by atoms with van der Waals surface area (Å²) in [5.41, 5.74) is 0.210. The molecular weight excluding hydrogens is 224 g/mol. The standard InChI is InChI=1S/C11H16N2O2S/c1-3-8-5-4-6-13(8)11-12-9(10(14)15)7(2)16-11/h8H,3-6H2,1-2H3,(H,14,15). The molecule has 1 aliphatic heterocycles. The maximum Gasteiger partial charge on any atom is 0.355 e. The number of nitrogens with zero attached hydrogens (tertiary/aromatic N) is 2. The molecule has 0 aromatic carbocycles. The molecule has 2 heterocycles. The predicted molar refractivity (Wildman–Crippen MR) is 64.5 cm³/mol. The van der Waals surface area contributed by atoms with E-state index in [1.54, 1.807) is 0 Å². The normalized spacial score (nSPS) is 20.4. The Morgan fingerprint density at radius 1 is 1.69 bits per heavy atom. The monoisotopic (exact) mass is 240 g/mol. The highest BCUT2D eigenvalue weighted by Gasteiger charge is 2.27. The van der Waals surface area contributed by atoms with Gasteiger partial charge in [-0.25, -0.2) is 9.78 Å². The molecule has 0 saturated carbocycles. The molecule has 1 saturated heterocycles. The molecule has 1 fully saturated rings. The van der Waals surface area contributed by atoms with Gasteiger partial charge in [-0.2, -0.15) is 0 Å². The number of hydrogen-bond acceptors (Lipinski definition) is 4. The van der Waals surface area contributed by atoms with Crippen LogP contribution in [0, 0.1) is 6.92 Å². The van der Waals surface area contributed by atoms with E-state index in [0.717, 1.165) is 23.0 Å².